The minimum atomic E-state index is -0.565. The van der Waals surface area contributed by atoms with Crippen molar-refractivity contribution in [3.8, 4) is 6.07 Å². The van der Waals surface area contributed by atoms with Crippen LogP contribution in [0.15, 0.2) is 6.33 Å². The van der Waals surface area contributed by atoms with Crippen molar-refractivity contribution in [1.29, 1.82) is 5.26 Å². The van der Waals surface area contributed by atoms with Crippen molar-refractivity contribution in [3.63, 3.8) is 0 Å². The first kappa shape index (κ1) is 12.6. The van der Waals surface area contributed by atoms with Crippen LogP contribution < -0.4 is 5.32 Å². The minimum Gasteiger partial charge on any atom is -0.390 e. The molecule has 0 saturated heterocycles. The van der Waals surface area contributed by atoms with Crippen molar-refractivity contribution in [2.45, 2.75) is 12.6 Å². The average Bonchev–Trinajstić information content (AvgIpc) is 2.72. The third-order valence-corrected chi connectivity index (χ3v) is 1.90. The van der Waals surface area contributed by atoms with Crippen LogP contribution in [0.2, 0.25) is 0 Å². The molecule has 7 heteroatoms. The maximum atomic E-state index is 9.61. The van der Waals surface area contributed by atoms with Crippen LogP contribution in [0.25, 0.3) is 0 Å². The highest BCUT2D eigenvalue weighted by molar-refractivity contribution is 5.05. The fraction of sp³-hybridized carbons (Fsp3) is 0.667. The van der Waals surface area contributed by atoms with Gasteiger partial charge in [-0.2, -0.15) is 5.26 Å². The highest BCUT2D eigenvalue weighted by Gasteiger charge is 2.06. The Bertz CT molecular complexity index is 346. The Morgan fingerprint density at radius 2 is 2.56 bits per heavy atom. The zero-order chi connectivity index (χ0) is 11.8. The summed E-state index contributed by atoms with van der Waals surface area (Å²) in [7, 11) is 1.62. The number of hydrogen-bond acceptors (Lipinski definition) is 6. The Kier molecular flexibility index (Phi) is 5.42. The third kappa shape index (κ3) is 4.35. The summed E-state index contributed by atoms with van der Waals surface area (Å²) < 4.78 is 6.30. The monoisotopic (exact) mass is 225 g/mol. The van der Waals surface area contributed by atoms with Crippen LogP contribution >= 0.6 is 0 Å². The molecule has 7 nitrogen and oxygen atoms in total. The van der Waals surface area contributed by atoms with Crippen LogP contribution in [-0.2, 0) is 11.3 Å². The maximum Gasteiger partial charge on any atom is 0.252 e. The standard InChI is InChI=1S/C9H15N5O2/c1-16-3-2-11-5-8(15)6-14-7-12-9(4-10)13-14/h7-8,11,15H,2-3,5-6H2,1H3. The molecule has 1 atom stereocenters. The number of rotatable bonds is 7. The molecule has 0 aliphatic rings. The van der Waals surface area contributed by atoms with Gasteiger partial charge in [-0.15, -0.1) is 5.10 Å². The first-order valence-corrected chi connectivity index (χ1v) is 4.93. The van der Waals surface area contributed by atoms with E-state index in [4.69, 9.17) is 10.00 Å². The van der Waals surface area contributed by atoms with Gasteiger partial charge in [0.2, 0.25) is 0 Å². The van der Waals surface area contributed by atoms with E-state index in [1.807, 2.05) is 6.07 Å². The van der Waals surface area contributed by atoms with Gasteiger partial charge in [-0.1, -0.05) is 0 Å². The predicted octanol–water partition coefficient (Wildman–Crippen LogP) is -1.25. The van der Waals surface area contributed by atoms with Crippen LogP contribution in [0.4, 0.5) is 0 Å². The highest BCUT2D eigenvalue weighted by atomic mass is 16.5. The first-order valence-electron chi connectivity index (χ1n) is 4.93. The molecule has 0 saturated carbocycles. The molecule has 0 aromatic carbocycles. The van der Waals surface area contributed by atoms with E-state index in [-0.39, 0.29) is 5.82 Å². The summed E-state index contributed by atoms with van der Waals surface area (Å²) in [5.41, 5.74) is 0. The van der Waals surface area contributed by atoms with E-state index in [1.54, 1.807) is 7.11 Å². The molecule has 1 heterocycles. The molecule has 0 fully saturated rings. The Hall–Kier alpha value is -1.49. The van der Waals surface area contributed by atoms with Gasteiger partial charge in [-0.3, -0.25) is 0 Å². The molecule has 0 amide bonds. The van der Waals surface area contributed by atoms with Gasteiger partial charge in [-0.05, 0) is 0 Å². The van der Waals surface area contributed by atoms with Crippen molar-refractivity contribution < 1.29 is 9.84 Å². The number of aromatic nitrogens is 3. The van der Waals surface area contributed by atoms with E-state index in [0.29, 0.717) is 26.2 Å². The molecule has 88 valence electrons. The fourth-order valence-corrected chi connectivity index (χ4v) is 1.16. The largest absolute Gasteiger partial charge is 0.390 e. The van der Waals surface area contributed by atoms with E-state index in [9.17, 15) is 5.11 Å². The van der Waals surface area contributed by atoms with Crippen LogP contribution in [-0.4, -0.2) is 52.8 Å². The number of methoxy groups -OCH3 is 1. The SMILES string of the molecule is COCCNCC(O)Cn1cnc(C#N)n1. The number of nitriles is 1. The van der Waals surface area contributed by atoms with Gasteiger partial charge in [0.25, 0.3) is 5.82 Å². The summed E-state index contributed by atoms with van der Waals surface area (Å²) >= 11 is 0. The predicted molar refractivity (Wildman–Crippen MR) is 55.5 cm³/mol. The molecule has 1 aromatic rings. The second-order valence-electron chi connectivity index (χ2n) is 3.25. The van der Waals surface area contributed by atoms with Crippen molar-refractivity contribution in [2.75, 3.05) is 26.8 Å². The Balaban J connectivity index is 2.23. The van der Waals surface area contributed by atoms with Crippen LogP contribution in [0.1, 0.15) is 5.82 Å². The van der Waals surface area contributed by atoms with Crippen molar-refractivity contribution >= 4 is 0 Å². The summed E-state index contributed by atoms with van der Waals surface area (Å²) in [5.74, 6) is 0.111. The van der Waals surface area contributed by atoms with Crippen LogP contribution in [0.5, 0.6) is 0 Å². The van der Waals surface area contributed by atoms with E-state index in [1.165, 1.54) is 11.0 Å². The van der Waals surface area contributed by atoms with Crippen molar-refractivity contribution in [2.24, 2.45) is 0 Å². The first-order chi connectivity index (χ1) is 7.76. The van der Waals surface area contributed by atoms with Crippen molar-refractivity contribution in [1.82, 2.24) is 20.1 Å². The minimum absolute atomic E-state index is 0.111. The summed E-state index contributed by atoms with van der Waals surface area (Å²) in [6.45, 7) is 2.06. The second-order valence-corrected chi connectivity index (χ2v) is 3.25. The topological polar surface area (TPSA) is 96.0 Å². The van der Waals surface area contributed by atoms with Crippen molar-refractivity contribution in [3.05, 3.63) is 12.2 Å². The molecular weight excluding hydrogens is 210 g/mol. The summed E-state index contributed by atoms with van der Waals surface area (Å²) in [6, 6.07) is 1.82. The van der Waals surface area contributed by atoms with Gasteiger partial charge in [0.1, 0.15) is 12.4 Å². The zero-order valence-corrected chi connectivity index (χ0v) is 9.13. The molecule has 16 heavy (non-hydrogen) atoms. The lowest BCUT2D eigenvalue weighted by Gasteiger charge is -2.10. The normalized spacial score (nSPS) is 12.3. The average molecular weight is 225 g/mol. The van der Waals surface area contributed by atoms with Crippen LogP contribution in [0, 0.1) is 11.3 Å². The molecular formula is C9H15N5O2. The number of ether oxygens (including phenoxy) is 1. The zero-order valence-electron chi connectivity index (χ0n) is 9.13. The van der Waals surface area contributed by atoms with Gasteiger partial charge in [0.05, 0.1) is 19.3 Å². The second kappa shape index (κ2) is 6.90. The fourth-order valence-electron chi connectivity index (χ4n) is 1.16. The molecule has 0 bridgehead atoms. The molecule has 0 radical (unpaired) electrons. The molecule has 0 spiro atoms. The summed E-state index contributed by atoms with van der Waals surface area (Å²) in [6.07, 6.45) is 0.863. The lowest BCUT2D eigenvalue weighted by atomic mass is 10.3. The van der Waals surface area contributed by atoms with Crippen LogP contribution in [0.3, 0.4) is 0 Å². The Morgan fingerprint density at radius 1 is 1.75 bits per heavy atom. The number of hydrogen-bond donors (Lipinski definition) is 2. The summed E-state index contributed by atoms with van der Waals surface area (Å²) in [5, 5.41) is 25.0. The number of nitrogens with one attached hydrogen (secondary N) is 1. The lowest BCUT2D eigenvalue weighted by Crippen LogP contribution is -2.32. The number of aliphatic hydroxyl groups excluding tert-OH is 1. The van der Waals surface area contributed by atoms with Gasteiger partial charge < -0.3 is 15.2 Å². The van der Waals surface area contributed by atoms with E-state index < -0.39 is 6.10 Å². The van der Waals surface area contributed by atoms with E-state index in [2.05, 4.69) is 15.4 Å². The summed E-state index contributed by atoms with van der Waals surface area (Å²) in [4.78, 5) is 3.74. The maximum absolute atomic E-state index is 9.61. The van der Waals surface area contributed by atoms with Gasteiger partial charge >= 0.3 is 0 Å². The van der Waals surface area contributed by atoms with Gasteiger partial charge in [-0.25, -0.2) is 9.67 Å². The van der Waals surface area contributed by atoms with E-state index in [0.717, 1.165) is 0 Å². The molecule has 2 N–H and O–H groups in total. The molecule has 1 unspecified atom stereocenters. The highest BCUT2D eigenvalue weighted by Crippen LogP contribution is 1.91. The molecule has 0 aliphatic carbocycles. The molecule has 1 aromatic heterocycles. The van der Waals surface area contributed by atoms with Gasteiger partial charge in [0.15, 0.2) is 0 Å². The Morgan fingerprint density at radius 3 is 3.19 bits per heavy atom. The number of aliphatic hydroxyl groups is 1. The van der Waals surface area contributed by atoms with E-state index >= 15 is 0 Å². The molecule has 1 rings (SSSR count). The lowest BCUT2D eigenvalue weighted by molar-refractivity contribution is 0.140. The third-order valence-electron chi connectivity index (χ3n) is 1.90. The quantitative estimate of drug-likeness (QED) is 0.563. The van der Waals surface area contributed by atoms with Gasteiger partial charge in [0, 0.05) is 20.2 Å². The number of nitrogens with zero attached hydrogens (tertiary/aromatic N) is 4. The molecule has 0 aliphatic heterocycles. The smallest absolute Gasteiger partial charge is 0.252 e. The Labute approximate surface area is 93.7 Å².